The Labute approximate surface area is 145 Å². The van der Waals surface area contributed by atoms with Crippen molar-refractivity contribution in [3.8, 4) is 0 Å². The zero-order valence-electron chi connectivity index (χ0n) is 14.0. The minimum Gasteiger partial charge on any atom is -0.469 e. The van der Waals surface area contributed by atoms with Gasteiger partial charge in [0.2, 0.25) is 0 Å². The lowest BCUT2D eigenvalue weighted by Gasteiger charge is -2.26. The number of amides is 2. The normalized spacial score (nSPS) is 19.4. The van der Waals surface area contributed by atoms with E-state index in [1.807, 2.05) is 0 Å². The molecule has 1 aliphatic rings. The molecule has 1 saturated carbocycles. The fraction of sp³-hybridized carbons (Fsp3) is 0.471. The summed E-state index contributed by atoms with van der Waals surface area (Å²) in [6.07, 6.45) is -0.429. The Balaban J connectivity index is 2.28. The molecule has 0 saturated heterocycles. The molecule has 24 heavy (non-hydrogen) atoms. The number of ether oxygens (including phenoxy) is 2. The highest BCUT2D eigenvalue weighted by molar-refractivity contribution is 6.31. The summed E-state index contributed by atoms with van der Waals surface area (Å²) in [5.74, 6) is -1.53. The number of esters is 1. The number of carbonyl (C=O) groups excluding carboxylic acids is 3. The number of methoxy groups -OCH3 is 1. The standard InChI is InChI=1S/C17H20ClNO5/c1-17(2,3)24-16(22)19(13-9-12(13)15(21)23-4)14(20)10-6-5-7-11(18)8-10/h5-8,12-13H,9H2,1-4H3. The average Bonchev–Trinajstić information content (AvgIpc) is 3.24. The summed E-state index contributed by atoms with van der Waals surface area (Å²) in [7, 11) is 1.27. The first-order valence-electron chi connectivity index (χ1n) is 7.54. The smallest absolute Gasteiger partial charge is 0.417 e. The highest BCUT2D eigenvalue weighted by atomic mass is 35.5. The first-order valence-corrected chi connectivity index (χ1v) is 7.92. The second-order valence-corrected chi connectivity index (χ2v) is 7.03. The van der Waals surface area contributed by atoms with Crippen molar-refractivity contribution in [2.24, 2.45) is 5.92 Å². The molecule has 1 fully saturated rings. The first-order chi connectivity index (χ1) is 11.1. The molecule has 6 nitrogen and oxygen atoms in total. The van der Waals surface area contributed by atoms with Gasteiger partial charge in [-0.1, -0.05) is 17.7 Å². The average molecular weight is 354 g/mol. The summed E-state index contributed by atoms with van der Waals surface area (Å²) >= 11 is 5.92. The lowest BCUT2D eigenvalue weighted by atomic mass is 10.2. The second-order valence-electron chi connectivity index (χ2n) is 6.60. The maximum atomic E-state index is 12.8. The zero-order valence-corrected chi connectivity index (χ0v) is 14.8. The molecule has 2 rings (SSSR count). The highest BCUT2D eigenvalue weighted by Gasteiger charge is 2.53. The van der Waals surface area contributed by atoms with E-state index in [1.165, 1.54) is 13.2 Å². The second kappa shape index (κ2) is 6.81. The van der Waals surface area contributed by atoms with Crippen molar-refractivity contribution >= 4 is 29.6 Å². The molecule has 1 aliphatic carbocycles. The van der Waals surface area contributed by atoms with E-state index in [2.05, 4.69) is 4.74 Å². The maximum absolute atomic E-state index is 12.8. The van der Waals surface area contributed by atoms with Crippen LogP contribution in [0.4, 0.5) is 4.79 Å². The quantitative estimate of drug-likeness (QED) is 0.780. The molecule has 0 bridgehead atoms. The van der Waals surface area contributed by atoms with Crippen LogP contribution < -0.4 is 0 Å². The summed E-state index contributed by atoms with van der Waals surface area (Å²) in [6, 6.07) is 5.70. The molecule has 0 spiro atoms. The van der Waals surface area contributed by atoms with Crippen molar-refractivity contribution in [1.82, 2.24) is 4.90 Å². The topological polar surface area (TPSA) is 72.9 Å². The summed E-state index contributed by atoms with van der Waals surface area (Å²) in [5.41, 5.74) is -0.511. The molecule has 2 unspecified atom stereocenters. The van der Waals surface area contributed by atoms with Crippen LogP contribution in [0.3, 0.4) is 0 Å². The van der Waals surface area contributed by atoms with E-state index in [9.17, 15) is 14.4 Å². The van der Waals surface area contributed by atoms with Gasteiger partial charge in [0.05, 0.1) is 19.1 Å². The van der Waals surface area contributed by atoms with Crippen molar-refractivity contribution in [2.75, 3.05) is 7.11 Å². The molecule has 0 heterocycles. The van der Waals surface area contributed by atoms with E-state index < -0.39 is 35.5 Å². The molecule has 2 amide bonds. The van der Waals surface area contributed by atoms with Crippen LogP contribution in [0.25, 0.3) is 0 Å². The molecule has 130 valence electrons. The molecule has 0 aliphatic heterocycles. The minimum atomic E-state index is -0.788. The maximum Gasteiger partial charge on any atom is 0.417 e. The molecule has 0 N–H and O–H groups in total. The number of carbonyl (C=O) groups is 3. The number of hydrogen-bond acceptors (Lipinski definition) is 5. The number of benzene rings is 1. The molecule has 0 aromatic heterocycles. The monoisotopic (exact) mass is 353 g/mol. The van der Waals surface area contributed by atoms with Gasteiger partial charge in [0.25, 0.3) is 5.91 Å². The third-order valence-corrected chi connectivity index (χ3v) is 3.71. The van der Waals surface area contributed by atoms with E-state index in [0.717, 1.165) is 4.90 Å². The number of nitrogens with zero attached hydrogens (tertiary/aromatic N) is 1. The van der Waals surface area contributed by atoms with Gasteiger partial charge in [0, 0.05) is 10.6 Å². The van der Waals surface area contributed by atoms with E-state index >= 15 is 0 Å². The van der Waals surface area contributed by atoms with Crippen LogP contribution in [0.1, 0.15) is 37.6 Å². The summed E-state index contributed by atoms with van der Waals surface area (Å²) in [4.78, 5) is 37.9. The SMILES string of the molecule is COC(=O)C1CC1N(C(=O)OC(C)(C)C)C(=O)c1cccc(Cl)c1. The minimum absolute atomic E-state index is 0.254. The van der Waals surface area contributed by atoms with Gasteiger partial charge in [0.1, 0.15) is 5.60 Å². The van der Waals surface area contributed by atoms with Gasteiger partial charge in [-0.3, -0.25) is 9.59 Å². The van der Waals surface area contributed by atoms with E-state index in [-0.39, 0.29) is 5.56 Å². The van der Waals surface area contributed by atoms with E-state index in [0.29, 0.717) is 11.4 Å². The van der Waals surface area contributed by atoms with Gasteiger partial charge >= 0.3 is 12.1 Å². The summed E-state index contributed by atoms with van der Waals surface area (Å²) < 4.78 is 10.0. The van der Waals surface area contributed by atoms with E-state index in [1.54, 1.807) is 39.0 Å². The largest absolute Gasteiger partial charge is 0.469 e. The lowest BCUT2D eigenvalue weighted by Crippen LogP contribution is -2.43. The van der Waals surface area contributed by atoms with Crippen LogP contribution in [-0.2, 0) is 14.3 Å². The molecular weight excluding hydrogens is 334 g/mol. The molecular formula is C17H20ClNO5. The predicted molar refractivity (Wildman–Crippen MR) is 87.8 cm³/mol. The van der Waals surface area contributed by atoms with E-state index in [4.69, 9.17) is 16.3 Å². The van der Waals surface area contributed by atoms with Crippen LogP contribution in [0.15, 0.2) is 24.3 Å². The number of imide groups is 1. The van der Waals surface area contributed by atoms with Crippen LogP contribution in [-0.4, -0.2) is 41.6 Å². The van der Waals surface area contributed by atoms with Gasteiger partial charge in [-0.2, -0.15) is 0 Å². The van der Waals surface area contributed by atoms with Gasteiger partial charge < -0.3 is 9.47 Å². The molecule has 1 aromatic rings. The Morgan fingerprint density at radius 2 is 1.92 bits per heavy atom. The van der Waals surface area contributed by atoms with Gasteiger partial charge in [0.15, 0.2) is 0 Å². The number of hydrogen-bond donors (Lipinski definition) is 0. The highest BCUT2D eigenvalue weighted by Crippen LogP contribution is 2.38. The molecule has 2 atom stereocenters. The Morgan fingerprint density at radius 1 is 1.25 bits per heavy atom. The fourth-order valence-electron chi connectivity index (χ4n) is 2.31. The summed E-state index contributed by atoms with van der Waals surface area (Å²) in [6.45, 7) is 5.12. The third kappa shape index (κ3) is 4.26. The molecule has 7 heteroatoms. The number of halogens is 1. The van der Waals surface area contributed by atoms with Crippen LogP contribution >= 0.6 is 11.6 Å². The Bertz CT molecular complexity index is 667. The van der Waals surface area contributed by atoms with Crippen molar-refractivity contribution in [3.63, 3.8) is 0 Å². The Kier molecular flexibility index (Phi) is 5.18. The van der Waals surface area contributed by atoms with Crippen LogP contribution in [0.5, 0.6) is 0 Å². The predicted octanol–water partition coefficient (Wildman–Crippen LogP) is 3.28. The third-order valence-electron chi connectivity index (χ3n) is 3.47. The van der Waals surface area contributed by atoms with Gasteiger partial charge in [-0.25, -0.2) is 9.69 Å². The molecule has 1 aromatic carbocycles. The Morgan fingerprint density at radius 3 is 2.46 bits per heavy atom. The number of rotatable bonds is 3. The van der Waals surface area contributed by atoms with Gasteiger partial charge in [-0.05, 0) is 45.4 Å². The van der Waals surface area contributed by atoms with Crippen molar-refractivity contribution in [1.29, 1.82) is 0 Å². The van der Waals surface area contributed by atoms with Crippen molar-refractivity contribution in [2.45, 2.75) is 38.8 Å². The van der Waals surface area contributed by atoms with Crippen molar-refractivity contribution < 1.29 is 23.9 Å². The molecule has 0 radical (unpaired) electrons. The van der Waals surface area contributed by atoms with Crippen LogP contribution in [0, 0.1) is 5.92 Å². The van der Waals surface area contributed by atoms with Gasteiger partial charge in [-0.15, -0.1) is 0 Å². The first kappa shape index (κ1) is 18.3. The lowest BCUT2D eigenvalue weighted by molar-refractivity contribution is -0.142. The summed E-state index contributed by atoms with van der Waals surface area (Å²) in [5, 5.41) is 0.380. The Hall–Kier alpha value is -2.08. The van der Waals surface area contributed by atoms with Crippen molar-refractivity contribution in [3.05, 3.63) is 34.9 Å². The zero-order chi connectivity index (χ0) is 18.1. The fourth-order valence-corrected chi connectivity index (χ4v) is 2.50. The van der Waals surface area contributed by atoms with Crippen LogP contribution in [0.2, 0.25) is 5.02 Å².